The van der Waals surface area contributed by atoms with Crippen molar-refractivity contribution in [3.05, 3.63) is 63.3 Å². The van der Waals surface area contributed by atoms with Crippen LogP contribution in [0.4, 0.5) is 8.78 Å². The second-order valence-electron chi connectivity index (χ2n) is 4.77. The average Bonchev–Trinajstić information content (AvgIpc) is 2.46. The van der Waals surface area contributed by atoms with E-state index in [1.165, 1.54) is 10.9 Å². The predicted octanol–water partition coefficient (Wildman–Crippen LogP) is 1.22. The zero-order chi connectivity index (χ0) is 14.1. The van der Waals surface area contributed by atoms with Gasteiger partial charge in [-0.25, -0.2) is 13.8 Å². The first kappa shape index (κ1) is 12.9. The van der Waals surface area contributed by atoms with E-state index < -0.39 is 11.6 Å². The lowest BCUT2D eigenvalue weighted by atomic mass is 10.1. The lowest BCUT2D eigenvalue weighted by molar-refractivity contribution is 0.563. The zero-order valence-corrected chi connectivity index (χ0v) is 10.7. The highest BCUT2D eigenvalue weighted by atomic mass is 19.1. The molecule has 0 amide bonds. The van der Waals surface area contributed by atoms with Gasteiger partial charge >= 0.3 is 0 Å². The summed E-state index contributed by atoms with van der Waals surface area (Å²) >= 11 is 0. The van der Waals surface area contributed by atoms with E-state index >= 15 is 0 Å². The number of hydrogen-bond donors (Lipinski definition) is 1. The van der Waals surface area contributed by atoms with Crippen molar-refractivity contribution in [3.8, 4) is 0 Å². The molecule has 1 aromatic carbocycles. The minimum atomic E-state index is -0.530. The molecule has 4 nitrogen and oxygen atoms in total. The third kappa shape index (κ3) is 2.34. The van der Waals surface area contributed by atoms with Crippen LogP contribution in [-0.4, -0.2) is 16.1 Å². The van der Waals surface area contributed by atoms with Crippen LogP contribution in [0.15, 0.2) is 29.3 Å². The van der Waals surface area contributed by atoms with Gasteiger partial charge in [0.1, 0.15) is 11.6 Å². The van der Waals surface area contributed by atoms with E-state index in [0.717, 1.165) is 30.4 Å². The highest BCUT2D eigenvalue weighted by Gasteiger charge is 2.16. The lowest BCUT2D eigenvalue weighted by Gasteiger charge is -2.17. The van der Waals surface area contributed by atoms with E-state index in [1.54, 1.807) is 0 Å². The maximum Gasteiger partial charge on any atom is 0.257 e. The standard InChI is InChI=1S/C14H13F2N3O/c15-10-1-2-12(16)9(5-10)7-19-8-18-13-6-17-4-3-11(13)14(19)20/h1-2,5,8,17H,3-4,6-7H2. The van der Waals surface area contributed by atoms with Gasteiger partial charge in [-0.3, -0.25) is 9.36 Å². The van der Waals surface area contributed by atoms with Gasteiger partial charge in [-0.2, -0.15) is 0 Å². The topological polar surface area (TPSA) is 46.9 Å². The van der Waals surface area contributed by atoms with Gasteiger partial charge in [0, 0.05) is 17.7 Å². The van der Waals surface area contributed by atoms with Crippen molar-refractivity contribution < 1.29 is 8.78 Å². The quantitative estimate of drug-likeness (QED) is 0.897. The molecule has 0 spiro atoms. The summed E-state index contributed by atoms with van der Waals surface area (Å²) in [4.78, 5) is 16.5. The molecule has 0 saturated heterocycles. The summed E-state index contributed by atoms with van der Waals surface area (Å²) in [7, 11) is 0. The third-order valence-electron chi connectivity index (χ3n) is 3.41. The molecule has 2 heterocycles. The fraction of sp³-hybridized carbons (Fsp3) is 0.286. The molecular weight excluding hydrogens is 264 g/mol. The highest BCUT2D eigenvalue weighted by Crippen LogP contribution is 2.11. The molecule has 0 saturated carbocycles. The molecule has 0 atom stereocenters. The first-order valence-electron chi connectivity index (χ1n) is 6.37. The SMILES string of the molecule is O=c1c2c(ncn1Cc1cc(F)ccc1F)CNCC2. The fourth-order valence-electron chi connectivity index (χ4n) is 2.35. The zero-order valence-electron chi connectivity index (χ0n) is 10.7. The minimum absolute atomic E-state index is 0.0177. The van der Waals surface area contributed by atoms with Gasteiger partial charge in [-0.1, -0.05) is 0 Å². The Balaban J connectivity index is 1.99. The summed E-state index contributed by atoms with van der Waals surface area (Å²) in [5, 5.41) is 3.13. The molecule has 0 aliphatic carbocycles. The summed E-state index contributed by atoms with van der Waals surface area (Å²) in [6.07, 6.45) is 1.99. The van der Waals surface area contributed by atoms with Gasteiger partial charge in [0.2, 0.25) is 0 Å². The molecule has 0 fully saturated rings. The maximum atomic E-state index is 13.6. The van der Waals surface area contributed by atoms with Crippen LogP contribution in [0, 0.1) is 11.6 Å². The van der Waals surface area contributed by atoms with Crippen molar-refractivity contribution in [2.45, 2.75) is 19.5 Å². The first-order chi connectivity index (χ1) is 9.65. The van der Waals surface area contributed by atoms with Crippen LogP contribution in [-0.2, 0) is 19.5 Å². The largest absolute Gasteiger partial charge is 0.311 e. The molecule has 0 bridgehead atoms. The van der Waals surface area contributed by atoms with E-state index in [9.17, 15) is 13.6 Å². The van der Waals surface area contributed by atoms with Gasteiger partial charge in [0.15, 0.2) is 0 Å². The highest BCUT2D eigenvalue weighted by molar-refractivity contribution is 5.22. The van der Waals surface area contributed by atoms with Gasteiger partial charge in [-0.15, -0.1) is 0 Å². The normalized spacial score (nSPS) is 14.1. The maximum absolute atomic E-state index is 13.6. The molecule has 2 aromatic rings. The molecular formula is C14H13F2N3O. The van der Waals surface area contributed by atoms with E-state index in [1.807, 2.05) is 0 Å². The van der Waals surface area contributed by atoms with Crippen molar-refractivity contribution in [2.24, 2.45) is 0 Å². The van der Waals surface area contributed by atoms with Gasteiger partial charge in [0.05, 0.1) is 18.6 Å². The Morgan fingerprint density at radius 3 is 3.05 bits per heavy atom. The molecule has 3 rings (SSSR count). The van der Waals surface area contributed by atoms with Gasteiger partial charge < -0.3 is 5.32 Å². The second kappa shape index (κ2) is 5.13. The molecule has 1 aliphatic rings. The molecule has 6 heteroatoms. The summed E-state index contributed by atoms with van der Waals surface area (Å²) in [5.74, 6) is -1.05. The van der Waals surface area contributed by atoms with Crippen LogP contribution in [0.3, 0.4) is 0 Å². The molecule has 104 valence electrons. The summed E-state index contributed by atoms with van der Waals surface area (Å²) < 4.78 is 28.1. The Morgan fingerprint density at radius 2 is 2.20 bits per heavy atom. The van der Waals surface area contributed by atoms with E-state index in [-0.39, 0.29) is 17.7 Å². The van der Waals surface area contributed by atoms with Crippen molar-refractivity contribution in [1.29, 1.82) is 0 Å². The number of hydrogen-bond acceptors (Lipinski definition) is 3. The summed E-state index contributed by atoms with van der Waals surface area (Å²) in [5.41, 5.74) is 1.35. The monoisotopic (exact) mass is 277 g/mol. The lowest BCUT2D eigenvalue weighted by Crippen LogP contribution is -2.34. The van der Waals surface area contributed by atoms with Crippen LogP contribution in [0.25, 0.3) is 0 Å². The summed E-state index contributed by atoms with van der Waals surface area (Å²) in [6, 6.07) is 3.21. The van der Waals surface area contributed by atoms with Crippen LogP contribution in [0.2, 0.25) is 0 Å². The Morgan fingerprint density at radius 1 is 1.35 bits per heavy atom. The van der Waals surface area contributed by atoms with Crippen LogP contribution >= 0.6 is 0 Å². The van der Waals surface area contributed by atoms with Crippen LogP contribution in [0.1, 0.15) is 16.8 Å². The third-order valence-corrected chi connectivity index (χ3v) is 3.41. The van der Waals surface area contributed by atoms with Crippen LogP contribution in [0.5, 0.6) is 0 Å². The number of aromatic nitrogens is 2. The van der Waals surface area contributed by atoms with E-state index in [4.69, 9.17) is 0 Å². The fourth-order valence-corrected chi connectivity index (χ4v) is 2.35. The Bertz CT molecular complexity index is 712. The molecule has 0 unspecified atom stereocenters. The predicted molar refractivity (Wildman–Crippen MR) is 69.4 cm³/mol. The number of nitrogens with one attached hydrogen (secondary N) is 1. The molecule has 1 aromatic heterocycles. The molecule has 0 radical (unpaired) electrons. The molecule has 1 N–H and O–H groups in total. The first-order valence-corrected chi connectivity index (χ1v) is 6.37. The Kier molecular flexibility index (Phi) is 3.31. The minimum Gasteiger partial charge on any atom is -0.311 e. The molecule has 20 heavy (non-hydrogen) atoms. The number of nitrogens with zero attached hydrogens (tertiary/aromatic N) is 2. The number of halogens is 2. The number of fused-ring (bicyclic) bond motifs is 1. The van der Waals surface area contributed by atoms with E-state index in [2.05, 4.69) is 10.3 Å². The summed E-state index contributed by atoms with van der Waals surface area (Å²) in [6.45, 7) is 1.28. The van der Waals surface area contributed by atoms with Crippen molar-refractivity contribution in [2.75, 3.05) is 6.54 Å². The van der Waals surface area contributed by atoms with Gasteiger partial charge in [0.25, 0.3) is 5.56 Å². The van der Waals surface area contributed by atoms with Crippen molar-refractivity contribution in [3.63, 3.8) is 0 Å². The Hall–Kier alpha value is -2.08. The Labute approximate surface area is 114 Å². The second-order valence-corrected chi connectivity index (χ2v) is 4.77. The van der Waals surface area contributed by atoms with E-state index in [0.29, 0.717) is 18.5 Å². The number of benzene rings is 1. The average molecular weight is 277 g/mol. The number of rotatable bonds is 2. The van der Waals surface area contributed by atoms with Gasteiger partial charge in [-0.05, 0) is 31.2 Å². The van der Waals surface area contributed by atoms with Crippen LogP contribution < -0.4 is 10.9 Å². The van der Waals surface area contributed by atoms with Crippen molar-refractivity contribution >= 4 is 0 Å². The molecule has 1 aliphatic heterocycles. The smallest absolute Gasteiger partial charge is 0.257 e. The van der Waals surface area contributed by atoms with Crippen molar-refractivity contribution in [1.82, 2.24) is 14.9 Å².